The summed E-state index contributed by atoms with van der Waals surface area (Å²) in [6, 6.07) is 11.8. The van der Waals surface area contributed by atoms with Crippen LogP contribution in [-0.2, 0) is 20.0 Å². The highest BCUT2D eigenvalue weighted by molar-refractivity contribution is 7.90. The molecule has 138 valence electrons. The van der Waals surface area contributed by atoms with E-state index in [2.05, 4.69) is 9.71 Å². The first-order valence-electron chi connectivity index (χ1n) is 8.06. The molecular weight excluding hydrogens is 374 g/mol. The molecule has 0 aliphatic heterocycles. The lowest BCUT2D eigenvalue weighted by Crippen LogP contribution is -2.32. The fourth-order valence-electron chi connectivity index (χ4n) is 2.45. The summed E-state index contributed by atoms with van der Waals surface area (Å²) in [5.74, 6) is 0. The maximum Gasteiger partial charge on any atom is 0.269 e. The SMILES string of the molecule is CC[C@@H](C)NS(=O)(=O)c1ccc(S(=O)(=O)n2cnc3ccccc32)cc1. The van der Waals surface area contributed by atoms with Crippen LogP contribution in [0.15, 0.2) is 64.6 Å². The normalized spacial score (nSPS) is 13.8. The summed E-state index contributed by atoms with van der Waals surface area (Å²) in [6.07, 6.45) is 1.90. The third-order valence-corrected chi connectivity index (χ3v) is 7.36. The summed E-state index contributed by atoms with van der Waals surface area (Å²) < 4.78 is 53.9. The first-order valence-corrected chi connectivity index (χ1v) is 11.0. The minimum atomic E-state index is -3.87. The summed E-state index contributed by atoms with van der Waals surface area (Å²) in [4.78, 5) is 4.10. The highest BCUT2D eigenvalue weighted by atomic mass is 32.2. The molecule has 1 aromatic heterocycles. The van der Waals surface area contributed by atoms with E-state index in [1.54, 1.807) is 31.2 Å². The van der Waals surface area contributed by atoms with E-state index >= 15 is 0 Å². The summed E-state index contributed by atoms with van der Waals surface area (Å²) in [5, 5.41) is 0. The number of imidazole rings is 1. The number of benzene rings is 2. The maximum atomic E-state index is 12.9. The van der Waals surface area contributed by atoms with Crippen molar-refractivity contribution < 1.29 is 16.8 Å². The van der Waals surface area contributed by atoms with Gasteiger partial charge in [0.15, 0.2) is 0 Å². The molecule has 3 rings (SSSR count). The van der Waals surface area contributed by atoms with Crippen LogP contribution < -0.4 is 4.72 Å². The molecule has 26 heavy (non-hydrogen) atoms. The molecule has 0 radical (unpaired) electrons. The zero-order chi connectivity index (χ0) is 18.9. The number of hydrogen-bond donors (Lipinski definition) is 1. The molecule has 0 spiro atoms. The molecule has 1 heterocycles. The summed E-state index contributed by atoms with van der Waals surface area (Å²) in [6.45, 7) is 3.64. The Morgan fingerprint density at radius 1 is 1.00 bits per heavy atom. The minimum absolute atomic E-state index is 0.0110. The Balaban J connectivity index is 1.98. The predicted molar refractivity (Wildman–Crippen MR) is 98.8 cm³/mol. The largest absolute Gasteiger partial charge is 0.269 e. The second-order valence-electron chi connectivity index (χ2n) is 5.94. The van der Waals surface area contributed by atoms with E-state index in [4.69, 9.17) is 0 Å². The van der Waals surface area contributed by atoms with E-state index in [0.29, 0.717) is 17.5 Å². The van der Waals surface area contributed by atoms with Gasteiger partial charge in [-0.25, -0.2) is 30.5 Å². The average molecular weight is 393 g/mol. The number of rotatable bonds is 6. The van der Waals surface area contributed by atoms with Gasteiger partial charge in [-0.1, -0.05) is 19.1 Å². The molecule has 1 atom stereocenters. The van der Waals surface area contributed by atoms with E-state index in [1.165, 1.54) is 30.6 Å². The molecule has 0 amide bonds. The standard InChI is InChI=1S/C17H19N3O4S2/c1-3-13(2)19-25(21,22)14-8-10-15(11-9-14)26(23,24)20-12-18-16-6-4-5-7-17(16)20/h4-13,19H,3H2,1-2H3/t13-/m1/s1. The van der Waals surface area contributed by atoms with Crippen LogP contribution in [0.1, 0.15) is 20.3 Å². The van der Waals surface area contributed by atoms with Crippen molar-refractivity contribution in [2.45, 2.75) is 36.1 Å². The molecule has 2 aromatic carbocycles. The molecule has 0 aliphatic carbocycles. The summed E-state index contributed by atoms with van der Waals surface area (Å²) in [5.41, 5.74) is 1.02. The van der Waals surface area contributed by atoms with Gasteiger partial charge in [-0.05, 0) is 49.7 Å². The Hall–Kier alpha value is -2.23. The lowest BCUT2D eigenvalue weighted by molar-refractivity contribution is 0.555. The van der Waals surface area contributed by atoms with Crippen molar-refractivity contribution in [1.82, 2.24) is 13.7 Å². The molecule has 3 aromatic rings. The lowest BCUT2D eigenvalue weighted by atomic mass is 10.3. The van der Waals surface area contributed by atoms with Crippen molar-refractivity contribution in [2.24, 2.45) is 0 Å². The van der Waals surface area contributed by atoms with Gasteiger partial charge in [0.05, 0.1) is 20.8 Å². The van der Waals surface area contributed by atoms with Gasteiger partial charge >= 0.3 is 0 Å². The van der Waals surface area contributed by atoms with Crippen molar-refractivity contribution in [3.8, 4) is 0 Å². The zero-order valence-electron chi connectivity index (χ0n) is 14.3. The highest BCUT2D eigenvalue weighted by Gasteiger charge is 2.22. The van der Waals surface area contributed by atoms with Crippen molar-refractivity contribution >= 4 is 31.1 Å². The quantitative estimate of drug-likeness (QED) is 0.693. The molecule has 0 saturated heterocycles. The van der Waals surface area contributed by atoms with Crippen LogP contribution in [0.3, 0.4) is 0 Å². The minimum Gasteiger partial charge on any atom is -0.236 e. The van der Waals surface area contributed by atoms with Gasteiger partial charge in [-0.15, -0.1) is 0 Å². The zero-order valence-corrected chi connectivity index (χ0v) is 16.0. The van der Waals surface area contributed by atoms with Gasteiger partial charge in [0.2, 0.25) is 10.0 Å². The molecule has 0 bridgehead atoms. The molecule has 9 heteroatoms. The lowest BCUT2D eigenvalue weighted by Gasteiger charge is -2.12. The van der Waals surface area contributed by atoms with Crippen LogP contribution in [0.4, 0.5) is 0 Å². The maximum absolute atomic E-state index is 12.9. The first kappa shape index (κ1) is 18.6. The number of nitrogens with one attached hydrogen (secondary N) is 1. The van der Waals surface area contributed by atoms with Crippen LogP contribution in [-0.4, -0.2) is 31.8 Å². The van der Waals surface area contributed by atoms with E-state index in [9.17, 15) is 16.8 Å². The summed E-state index contributed by atoms with van der Waals surface area (Å²) >= 11 is 0. The van der Waals surface area contributed by atoms with Gasteiger partial charge in [-0.2, -0.15) is 0 Å². The fourth-order valence-corrected chi connectivity index (χ4v) is 5.07. The van der Waals surface area contributed by atoms with Crippen molar-refractivity contribution in [2.75, 3.05) is 0 Å². The molecule has 0 saturated carbocycles. The average Bonchev–Trinajstić information content (AvgIpc) is 3.06. The predicted octanol–water partition coefficient (Wildman–Crippen LogP) is 2.35. The Morgan fingerprint density at radius 3 is 2.27 bits per heavy atom. The Bertz CT molecular complexity index is 1130. The van der Waals surface area contributed by atoms with Gasteiger partial charge in [0.25, 0.3) is 10.0 Å². The number of para-hydroxylation sites is 2. The smallest absolute Gasteiger partial charge is 0.236 e. The monoisotopic (exact) mass is 393 g/mol. The number of fused-ring (bicyclic) bond motifs is 1. The Labute approximate surface area is 152 Å². The van der Waals surface area contributed by atoms with E-state index < -0.39 is 20.0 Å². The van der Waals surface area contributed by atoms with E-state index in [1.807, 2.05) is 6.92 Å². The van der Waals surface area contributed by atoms with Gasteiger partial charge in [0, 0.05) is 6.04 Å². The Morgan fingerprint density at radius 2 is 1.62 bits per heavy atom. The number of hydrogen-bond acceptors (Lipinski definition) is 5. The molecule has 0 fully saturated rings. The van der Waals surface area contributed by atoms with Crippen LogP contribution >= 0.6 is 0 Å². The van der Waals surface area contributed by atoms with Crippen molar-refractivity contribution in [3.05, 3.63) is 54.9 Å². The van der Waals surface area contributed by atoms with Crippen LogP contribution in [0.25, 0.3) is 11.0 Å². The molecule has 7 nitrogen and oxygen atoms in total. The first-order chi connectivity index (χ1) is 12.3. The van der Waals surface area contributed by atoms with Gasteiger partial charge in [-0.3, -0.25) is 0 Å². The van der Waals surface area contributed by atoms with Gasteiger partial charge in [0.1, 0.15) is 6.33 Å². The van der Waals surface area contributed by atoms with Gasteiger partial charge < -0.3 is 0 Å². The second-order valence-corrected chi connectivity index (χ2v) is 9.47. The van der Waals surface area contributed by atoms with Crippen molar-refractivity contribution in [3.63, 3.8) is 0 Å². The number of nitrogens with zero attached hydrogens (tertiary/aromatic N) is 2. The highest BCUT2D eigenvalue weighted by Crippen LogP contribution is 2.21. The van der Waals surface area contributed by atoms with E-state index in [0.717, 1.165) is 3.97 Å². The van der Waals surface area contributed by atoms with Crippen LogP contribution in [0.5, 0.6) is 0 Å². The fraction of sp³-hybridized carbons (Fsp3) is 0.235. The number of sulfonamides is 1. The molecule has 1 N–H and O–H groups in total. The molecular formula is C17H19N3O4S2. The number of aromatic nitrogens is 2. The van der Waals surface area contributed by atoms with Crippen molar-refractivity contribution in [1.29, 1.82) is 0 Å². The summed E-state index contributed by atoms with van der Waals surface area (Å²) in [7, 11) is -7.56. The topological polar surface area (TPSA) is 98.1 Å². The second kappa shape index (κ2) is 6.82. The van der Waals surface area contributed by atoms with E-state index in [-0.39, 0.29) is 15.8 Å². The van der Waals surface area contributed by atoms with Crippen LogP contribution in [0.2, 0.25) is 0 Å². The third-order valence-electron chi connectivity index (χ3n) is 4.08. The van der Waals surface area contributed by atoms with Crippen LogP contribution in [0, 0.1) is 0 Å². The Kier molecular flexibility index (Phi) is 4.87. The molecule has 0 unspecified atom stereocenters. The third kappa shape index (κ3) is 3.37. The molecule has 0 aliphatic rings.